The maximum absolute atomic E-state index is 13.4. The fraction of sp³-hybridized carbons (Fsp3) is 0.556. The Kier molecular flexibility index (Phi) is 3.57. The van der Waals surface area contributed by atoms with Gasteiger partial charge in [-0.3, -0.25) is 9.77 Å². The van der Waals surface area contributed by atoms with Crippen LogP contribution in [0.1, 0.15) is 12.6 Å². The SMILES string of the molecule is O=c1nc(NO)c(F)cn1[C@@H]1O[C@H](CO)CC1O. The highest BCUT2D eigenvalue weighted by atomic mass is 19.1. The Morgan fingerprint density at radius 1 is 1.67 bits per heavy atom. The number of aliphatic hydroxyl groups excluding tert-OH is 2. The first-order valence-corrected chi connectivity index (χ1v) is 5.20. The molecule has 0 aromatic carbocycles. The van der Waals surface area contributed by atoms with E-state index in [1.807, 2.05) is 0 Å². The second-order valence-electron chi connectivity index (χ2n) is 3.87. The second kappa shape index (κ2) is 4.98. The summed E-state index contributed by atoms with van der Waals surface area (Å²) in [6.45, 7) is -0.311. The van der Waals surface area contributed by atoms with Gasteiger partial charge in [-0.15, -0.1) is 0 Å². The van der Waals surface area contributed by atoms with Gasteiger partial charge >= 0.3 is 5.69 Å². The van der Waals surface area contributed by atoms with E-state index in [0.717, 1.165) is 10.8 Å². The maximum atomic E-state index is 13.4. The fourth-order valence-corrected chi connectivity index (χ4v) is 1.80. The third kappa shape index (κ3) is 2.20. The predicted octanol–water partition coefficient (Wildman–Crippen LogP) is -1.18. The van der Waals surface area contributed by atoms with Crippen molar-refractivity contribution >= 4 is 5.82 Å². The third-order valence-electron chi connectivity index (χ3n) is 2.66. The molecule has 1 aromatic heterocycles. The van der Waals surface area contributed by atoms with Crippen LogP contribution in [0, 0.1) is 5.82 Å². The van der Waals surface area contributed by atoms with Crippen LogP contribution in [0.25, 0.3) is 0 Å². The maximum Gasteiger partial charge on any atom is 0.351 e. The predicted molar refractivity (Wildman–Crippen MR) is 55.5 cm³/mol. The average Bonchev–Trinajstić information content (AvgIpc) is 2.73. The molecular formula is C9H12FN3O5. The first kappa shape index (κ1) is 12.9. The lowest BCUT2D eigenvalue weighted by atomic mass is 10.2. The molecule has 0 spiro atoms. The molecule has 4 N–H and O–H groups in total. The van der Waals surface area contributed by atoms with Gasteiger partial charge < -0.3 is 14.9 Å². The van der Waals surface area contributed by atoms with Gasteiger partial charge in [-0.2, -0.15) is 4.98 Å². The van der Waals surface area contributed by atoms with Crippen LogP contribution in [0.4, 0.5) is 10.2 Å². The second-order valence-corrected chi connectivity index (χ2v) is 3.87. The van der Waals surface area contributed by atoms with E-state index in [2.05, 4.69) is 4.98 Å². The van der Waals surface area contributed by atoms with E-state index < -0.39 is 35.8 Å². The Bertz CT molecular complexity index is 494. The molecule has 18 heavy (non-hydrogen) atoms. The summed E-state index contributed by atoms with van der Waals surface area (Å²) in [6, 6.07) is 0. The number of nitrogens with zero attached hydrogens (tertiary/aromatic N) is 2. The molecule has 0 amide bonds. The molecule has 1 unspecified atom stereocenters. The number of ether oxygens (including phenoxy) is 1. The molecule has 9 heteroatoms. The number of hydrogen-bond donors (Lipinski definition) is 4. The lowest BCUT2D eigenvalue weighted by molar-refractivity contribution is -0.0534. The van der Waals surface area contributed by atoms with Crippen LogP contribution in [-0.2, 0) is 4.74 Å². The van der Waals surface area contributed by atoms with Crippen molar-refractivity contribution in [3.8, 4) is 0 Å². The highest BCUT2D eigenvalue weighted by Crippen LogP contribution is 2.27. The van der Waals surface area contributed by atoms with Crippen LogP contribution in [0.5, 0.6) is 0 Å². The van der Waals surface area contributed by atoms with E-state index >= 15 is 0 Å². The number of aliphatic hydroxyl groups is 2. The third-order valence-corrected chi connectivity index (χ3v) is 2.66. The van der Waals surface area contributed by atoms with Crippen LogP contribution in [-0.4, -0.2) is 43.8 Å². The Morgan fingerprint density at radius 2 is 2.39 bits per heavy atom. The first-order chi connectivity index (χ1) is 8.56. The van der Waals surface area contributed by atoms with Crippen molar-refractivity contribution < 1.29 is 24.5 Å². The lowest BCUT2D eigenvalue weighted by Gasteiger charge is -2.17. The Morgan fingerprint density at radius 3 is 2.94 bits per heavy atom. The molecule has 0 bridgehead atoms. The summed E-state index contributed by atoms with van der Waals surface area (Å²) in [7, 11) is 0. The summed E-state index contributed by atoms with van der Waals surface area (Å²) in [5.74, 6) is -1.58. The van der Waals surface area contributed by atoms with Crippen LogP contribution in [0.15, 0.2) is 11.0 Å². The van der Waals surface area contributed by atoms with Gasteiger partial charge in [0.25, 0.3) is 0 Å². The van der Waals surface area contributed by atoms with Crippen LogP contribution in [0.2, 0.25) is 0 Å². The van der Waals surface area contributed by atoms with E-state index in [1.165, 1.54) is 5.48 Å². The molecule has 1 aliphatic heterocycles. The number of aromatic nitrogens is 2. The number of halogens is 1. The highest BCUT2D eigenvalue weighted by molar-refractivity contribution is 5.30. The Hall–Kier alpha value is -1.55. The van der Waals surface area contributed by atoms with Crippen molar-refractivity contribution in [2.75, 3.05) is 12.1 Å². The molecule has 2 rings (SSSR count). The fourth-order valence-electron chi connectivity index (χ4n) is 1.80. The molecule has 1 fully saturated rings. The molecule has 8 nitrogen and oxygen atoms in total. The molecule has 2 heterocycles. The minimum atomic E-state index is -1.11. The molecule has 0 saturated carbocycles. The molecule has 1 saturated heterocycles. The van der Waals surface area contributed by atoms with Crippen molar-refractivity contribution in [1.29, 1.82) is 0 Å². The van der Waals surface area contributed by atoms with Gasteiger partial charge in [0.1, 0.15) is 6.10 Å². The minimum Gasteiger partial charge on any atom is -0.394 e. The average molecular weight is 261 g/mol. The van der Waals surface area contributed by atoms with Crippen molar-refractivity contribution in [2.45, 2.75) is 24.9 Å². The van der Waals surface area contributed by atoms with E-state index in [9.17, 15) is 14.3 Å². The number of nitrogens with one attached hydrogen (secondary N) is 1. The van der Waals surface area contributed by atoms with Crippen LogP contribution >= 0.6 is 0 Å². The van der Waals surface area contributed by atoms with Gasteiger partial charge in [0.15, 0.2) is 17.9 Å². The minimum absolute atomic E-state index is 0.134. The zero-order valence-corrected chi connectivity index (χ0v) is 9.15. The Labute approximate surface area is 100 Å². The van der Waals surface area contributed by atoms with Gasteiger partial charge in [-0.05, 0) is 0 Å². The summed E-state index contributed by atoms with van der Waals surface area (Å²) >= 11 is 0. The summed E-state index contributed by atoms with van der Waals surface area (Å²) < 4.78 is 19.3. The van der Waals surface area contributed by atoms with Gasteiger partial charge in [0.2, 0.25) is 0 Å². The monoisotopic (exact) mass is 261 g/mol. The normalized spacial score (nSPS) is 27.4. The summed E-state index contributed by atoms with van der Waals surface area (Å²) in [5, 5.41) is 27.1. The van der Waals surface area contributed by atoms with Crippen LogP contribution in [0.3, 0.4) is 0 Å². The lowest BCUT2D eigenvalue weighted by Crippen LogP contribution is -2.32. The standard InChI is InChI=1S/C9H12FN3O5/c10-5-2-13(9(16)11-7(5)12-17)8-6(15)1-4(3-14)18-8/h2,4,6,8,14-15,17H,1,3H2,(H,11,12,16)/t4-,6?,8+/m0/s1. The molecule has 1 aromatic rings. The van der Waals surface area contributed by atoms with Crippen LogP contribution < -0.4 is 11.2 Å². The van der Waals surface area contributed by atoms with E-state index in [4.69, 9.17) is 15.1 Å². The molecule has 1 aliphatic rings. The smallest absolute Gasteiger partial charge is 0.351 e. The quantitative estimate of drug-likeness (QED) is 0.506. The summed E-state index contributed by atoms with van der Waals surface area (Å²) in [5.41, 5.74) is 0.549. The number of anilines is 1. The summed E-state index contributed by atoms with van der Waals surface area (Å²) in [4.78, 5) is 14.8. The van der Waals surface area contributed by atoms with Gasteiger partial charge in [-0.1, -0.05) is 0 Å². The van der Waals surface area contributed by atoms with Crippen molar-refractivity contribution in [3.63, 3.8) is 0 Å². The molecular weight excluding hydrogens is 249 g/mol. The van der Waals surface area contributed by atoms with Gasteiger partial charge in [0, 0.05) is 6.42 Å². The molecule has 3 atom stereocenters. The van der Waals surface area contributed by atoms with E-state index in [-0.39, 0.29) is 13.0 Å². The highest BCUT2D eigenvalue weighted by Gasteiger charge is 2.35. The van der Waals surface area contributed by atoms with Gasteiger partial charge in [0.05, 0.1) is 18.9 Å². The van der Waals surface area contributed by atoms with Crippen molar-refractivity contribution in [3.05, 3.63) is 22.5 Å². The number of rotatable bonds is 3. The topological polar surface area (TPSA) is 117 Å². The molecule has 0 radical (unpaired) electrons. The van der Waals surface area contributed by atoms with Gasteiger partial charge in [-0.25, -0.2) is 14.7 Å². The van der Waals surface area contributed by atoms with E-state index in [0.29, 0.717) is 0 Å². The summed E-state index contributed by atoms with van der Waals surface area (Å²) in [6.07, 6.45) is -1.87. The number of hydrogen-bond acceptors (Lipinski definition) is 7. The zero-order valence-electron chi connectivity index (χ0n) is 9.15. The zero-order chi connectivity index (χ0) is 13.3. The van der Waals surface area contributed by atoms with Crippen molar-refractivity contribution in [2.24, 2.45) is 0 Å². The van der Waals surface area contributed by atoms with Crippen molar-refractivity contribution in [1.82, 2.24) is 9.55 Å². The first-order valence-electron chi connectivity index (χ1n) is 5.20. The largest absolute Gasteiger partial charge is 0.394 e. The van der Waals surface area contributed by atoms with E-state index in [1.54, 1.807) is 0 Å². The molecule has 0 aliphatic carbocycles. The molecule has 100 valence electrons. The Balaban J connectivity index is 2.34.